The molecule has 4 unspecified atom stereocenters. The zero-order valence-corrected chi connectivity index (χ0v) is 14.8. The minimum Gasteiger partial charge on any atom is -0.504 e. The molecule has 130 valence electrons. The van der Waals surface area contributed by atoms with Crippen LogP contribution in [0.15, 0.2) is 6.07 Å². The fourth-order valence-corrected chi connectivity index (χ4v) is 5.26. The Morgan fingerprint density at radius 1 is 1.25 bits per heavy atom. The van der Waals surface area contributed by atoms with Crippen LogP contribution >= 0.6 is 0 Å². The van der Waals surface area contributed by atoms with Gasteiger partial charge in [-0.25, -0.2) is 0 Å². The highest BCUT2D eigenvalue weighted by Gasteiger charge is 2.56. The van der Waals surface area contributed by atoms with Gasteiger partial charge >= 0.3 is 5.97 Å². The number of carbonyl (C=O) groups excluding carboxylic acids is 1. The van der Waals surface area contributed by atoms with Crippen LogP contribution in [0.5, 0.6) is 11.5 Å². The summed E-state index contributed by atoms with van der Waals surface area (Å²) >= 11 is 0. The molecule has 1 saturated carbocycles. The molecule has 0 amide bonds. The molecule has 4 bridgehead atoms. The standard InChI is InChI=1S/C20H26O4/c1-9(2)11-7-12-14-8-13-15(16(12)18(22)17(11)21)10(19(23)24-14)5-6-20(13,3)4/h7,9-10,13-15,21-22H,5-6,8H2,1-4H3. The quantitative estimate of drug-likeness (QED) is 0.593. The van der Waals surface area contributed by atoms with Crippen LogP contribution in [0.25, 0.3) is 0 Å². The van der Waals surface area contributed by atoms with Crippen molar-refractivity contribution in [3.05, 3.63) is 22.8 Å². The van der Waals surface area contributed by atoms with Gasteiger partial charge in [0.2, 0.25) is 0 Å². The van der Waals surface area contributed by atoms with Crippen LogP contribution in [-0.2, 0) is 9.53 Å². The number of benzene rings is 1. The monoisotopic (exact) mass is 330 g/mol. The Balaban J connectivity index is 1.98. The lowest BCUT2D eigenvalue weighted by atomic mass is 9.54. The highest BCUT2D eigenvalue weighted by Crippen LogP contribution is 2.63. The van der Waals surface area contributed by atoms with E-state index in [1.807, 2.05) is 19.9 Å². The van der Waals surface area contributed by atoms with Gasteiger partial charge in [0.1, 0.15) is 6.10 Å². The molecule has 4 atom stereocenters. The third-order valence-electron chi connectivity index (χ3n) is 6.68. The van der Waals surface area contributed by atoms with Crippen LogP contribution in [0, 0.1) is 17.3 Å². The largest absolute Gasteiger partial charge is 0.504 e. The maximum absolute atomic E-state index is 12.6. The van der Waals surface area contributed by atoms with Crippen molar-refractivity contribution in [3.63, 3.8) is 0 Å². The third kappa shape index (κ3) is 1.95. The maximum atomic E-state index is 12.6. The molecule has 4 heteroatoms. The molecule has 2 N–H and O–H groups in total. The van der Waals surface area contributed by atoms with Crippen LogP contribution in [0.2, 0.25) is 0 Å². The van der Waals surface area contributed by atoms with E-state index >= 15 is 0 Å². The first-order valence-corrected chi connectivity index (χ1v) is 9.01. The number of esters is 1. The van der Waals surface area contributed by atoms with E-state index in [4.69, 9.17) is 4.74 Å². The number of aromatic hydroxyl groups is 2. The second kappa shape index (κ2) is 4.90. The summed E-state index contributed by atoms with van der Waals surface area (Å²) in [7, 11) is 0. The molecule has 2 heterocycles. The SMILES string of the molecule is CC(C)c1cc2c(c(O)c1O)C1C3CCC(C)(C)C1CC2OC3=O. The van der Waals surface area contributed by atoms with Crippen molar-refractivity contribution in [1.29, 1.82) is 0 Å². The fourth-order valence-electron chi connectivity index (χ4n) is 5.26. The molecular formula is C20H26O4. The van der Waals surface area contributed by atoms with Crippen LogP contribution < -0.4 is 0 Å². The number of ether oxygens (including phenoxy) is 1. The molecule has 1 aromatic rings. The van der Waals surface area contributed by atoms with Gasteiger partial charge in [-0.2, -0.15) is 0 Å². The first-order chi connectivity index (χ1) is 11.2. The Labute approximate surface area is 142 Å². The minimum atomic E-state index is -0.305. The number of hydrogen-bond acceptors (Lipinski definition) is 4. The van der Waals surface area contributed by atoms with Crippen molar-refractivity contribution < 1.29 is 19.7 Å². The molecule has 1 aromatic carbocycles. The molecule has 0 aromatic heterocycles. The molecular weight excluding hydrogens is 304 g/mol. The number of carbonyl (C=O) groups is 1. The number of fused-ring (bicyclic) bond motifs is 1. The lowest BCUT2D eigenvalue weighted by Gasteiger charge is -2.48. The molecule has 2 aliphatic carbocycles. The number of hydrogen-bond donors (Lipinski definition) is 2. The maximum Gasteiger partial charge on any atom is 0.310 e. The van der Waals surface area contributed by atoms with Gasteiger partial charge in [-0.15, -0.1) is 0 Å². The second-order valence-electron chi connectivity index (χ2n) is 8.75. The van der Waals surface area contributed by atoms with E-state index in [-0.39, 0.29) is 52.7 Å². The summed E-state index contributed by atoms with van der Waals surface area (Å²) in [5, 5.41) is 21.3. The van der Waals surface area contributed by atoms with Crippen molar-refractivity contribution in [2.75, 3.05) is 0 Å². The summed E-state index contributed by atoms with van der Waals surface area (Å²) in [6, 6.07) is 1.95. The first kappa shape index (κ1) is 15.8. The van der Waals surface area contributed by atoms with Gasteiger partial charge in [0, 0.05) is 22.6 Å². The van der Waals surface area contributed by atoms with E-state index in [0.29, 0.717) is 0 Å². The fraction of sp³-hybridized carbons (Fsp3) is 0.650. The lowest BCUT2D eigenvalue weighted by Crippen LogP contribution is -2.41. The van der Waals surface area contributed by atoms with E-state index in [1.165, 1.54) is 0 Å². The summed E-state index contributed by atoms with van der Waals surface area (Å²) in [6.45, 7) is 8.47. The predicted molar refractivity (Wildman–Crippen MR) is 90.0 cm³/mol. The number of phenolic OH excluding ortho intramolecular Hbond substituents is 2. The van der Waals surface area contributed by atoms with Gasteiger partial charge in [-0.1, -0.05) is 27.7 Å². The van der Waals surface area contributed by atoms with Crippen LogP contribution in [-0.4, -0.2) is 16.2 Å². The summed E-state index contributed by atoms with van der Waals surface area (Å²) < 4.78 is 5.83. The Bertz CT molecular complexity index is 719. The summed E-state index contributed by atoms with van der Waals surface area (Å²) in [5.74, 6) is -0.0719. The predicted octanol–water partition coefficient (Wildman–Crippen LogP) is 4.36. The van der Waals surface area contributed by atoms with Crippen molar-refractivity contribution in [3.8, 4) is 11.5 Å². The average molecular weight is 330 g/mol. The van der Waals surface area contributed by atoms with Crippen molar-refractivity contribution in [2.24, 2.45) is 17.3 Å². The molecule has 2 fully saturated rings. The normalized spacial score (nSPS) is 33.1. The van der Waals surface area contributed by atoms with E-state index < -0.39 is 0 Å². The van der Waals surface area contributed by atoms with Crippen molar-refractivity contribution >= 4 is 5.97 Å². The number of phenols is 2. The molecule has 0 radical (unpaired) electrons. The van der Waals surface area contributed by atoms with Crippen LogP contribution in [0.1, 0.15) is 81.6 Å². The molecule has 1 saturated heterocycles. The highest BCUT2D eigenvalue weighted by atomic mass is 16.5. The van der Waals surface area contributed by atoms with Crippen LogP contribution in [0.3, 0.4) is 0 Å². The Morgan fingerprint density at radius 2 is 1.96 bits per heavy atom. The molecule has 5 rings (SSSR count). The van der Waals surface area contributed by atoms with E-state index in [0.717, 1.165) is 36.0 Å². The first-order valence-electron chi connectivity index (χ1n) is 9.01. The summed E-state index contributed by atoms with van der Waals surface area (Å²) in [4.78, 5) is 12.6. The minimum absolute atomic E-state index is 0.0281. The zero-order valence-electron chi connectivity index (χ0n) is 14.8. The van der Waals surface area contributed by atoms with Crippen molar-refractivity contribution in [2.45, 2.75) is 64.9 Å². The van der Waals surface area contributed by atoms with Gasteiger partial charge in [-0.3, -0.25) is 4.79 Å². The Kier molecular flexibility index (Phi) is 3.23. The zero-order chi connectivity index (χ0) is 17.4. The average Bonchev–Trinajstić information content (AvgIpc) is 2.69. The molecule has 4 aliphatic rings. The van der Waals surface area contributed by atoms with Crippen molar-refractivity contribution in [1.82, 2.24) is 0 Å². The molecule has 2 aliphatic heterocycles. The highest BCUT2D eigenvalue weighted by molar-refractivity contribution is 5.77. The third-order valence-corrected chi connectivity index (χ3v) is 6.68. The lowest BCUT2D eigenvalue weighted by molar-refractivity contribution is -0.153. The molecule has 4 nitrogen and oxygen atoms in total. The van der Waals surface area contributed by atoms with Gasteiger partial charge in [0.25, 0.3) is 0 Å². The number of rotatable bonds is 1. The van der Waals surface area contributed by atoms with Crippen LogP contribution in [0.4, 0.5) is 0 Å². The topological polar surface area (TPSA) is 66.8 Å². The Hall–Kier alpha value is -1.71. The van der Waals surface area contributed by atoms with Gasteiger partial charge < -0.3 is 14.9 Å². The molecule has 0 spiro atoms. The van der Waals surface area contributed by atoms with Gasteiger partial charge in [0.05, 0.1) is 5.92 Å². The summed E-state index contributed by atoms with van der Waals surface area (Å²) in [6.07, 6.45) is 2.28. The van der Waals surface area contributed by atoms with Gasteiger partial charge in [-0.05, 0) is 42.6 Å². The smallest absolute Gasteiger partial charge is 0.310 e. The van der Waals surface area contributed by atoms with E-state index in [2.05, 4.69) is 13.8 Å². The second-order valence-corrected chi connectivity index (χ2v) is 8.75. The summed E-state index contributed by atoms with van der Waals surface area (Å²) in [5.41, 5.74) is 2.49. The Morgan fingerprint density at radius 3 is 2.62 bits per heavy atom. The van der Waals surface area contributed by atoms with E-state index in [1.54, 1.807) is 0 Å². The van der Waals surface area contributed by atoms with Gasteiger partial charge in [0.15, 0.2) is 11.5 Å². The van der Waals surface area contributed by atoms with E-state index in [9.17, 15) is 15.0 Å². The molecule has 24 heavy (non-hydrogen) atoms.